The van der Waals surface area contributed by atoms with E-state index >= 15 is 0 Å². The molecule has 0 saturated carbocycles. The Morgan fingerprint density at radius 1 is 1.30 bits per heavy atom. The van der Waals surface area contributed by atoms with Gasteiger partial charge in [-0.05, 0) is 38.7 Å². The van der Waals surface area contributed by atoms with E-state index in [9.17, 15) is 14.4 Å². The Hall–Kier alpha value is -2.63. The third-order valence-corrected chi connectivity index (χ3v) is 5.04. The quantitative estimate of drug-likeness (QED) is 0.594. The average Bonchev–Trinajstić information content (AvgIpc) is 2.67. The Balaban J connectivity index is 1.65. The number of benzene rings is 1. The monoisotopic (exact) mass is 370 g/mol. The predicted octanol–water partition coefficient (Wildman–Crippen LogP) is 2.03. The Morgan fingerprint density at radius 3 is 2.85 bits per heavy atom. The van der Waals surface area contributed by atoms with E-state index < -0.39 is 10.9 Å². The maximum absolute atomic E-state index is 12.1. The zero-order chi connectivity index (χ0) is 19.4. The number of aryl methyl sites for hydroxylation is 1. The summed E-state index contributed by atoms with van der Waals surface area (Å²) in [5.41, 5.74) is 2.27. The number of anilines is 2. The van der Waals surface area contributed by atoms with E-state index in [1.54, 1.807) is 6.92 Å². The number of nitrogens with one attached hydrogen (secondary N) is 1. The van der Waals surface area contributed by atoms with Crippen LogP contribution in [0.15, 0.2) is 33.9 Å². The number of hydrogen-bond acceptors (Lipinski definition) is 6. The van der Waals surface area contributed by atoms with Gasteiger partial charge in [0.15, 0.2) is 0 Å². The number of rotatable bonds is 7. The molecule has 1 aliphatic rings. The lowest BCUT2D eigenvalue weighted by Crippen LogP contribution is -2.47. The second-order valence-electron chi connectivity index (χ2n) is 7.08. The van der Waals surface area contributed by atoms with Crippen LogP contribution in [-0.2, 0) is 16.0 Å². The average molecular weight is 370 g/mol. The highest BCUT2D eigenvalue weighted by Gasteiger charge is 2.32. The van der Waals surface area contributed by atoms with Crippen molar-refractivity contribution in [2.24, 2.45) is 5.92 Å². The minimum Gasteiger partial charge on any atom is -0.466 e. The summed E-state index contributed by atoms with van der Waals surface area (Å²) in [6.45, 7) is 5.86. The number of piperidine rings is 1. The van der Waals surface area contributed by atoms with Crippen LogP contribution in [0.1, 0.15) is 30.9 Å². The Bertz CT molecular complexity index is 883. The van der Waals surface area contributed by atoms with E-state index in [1.807, 2.05) is 30.0 Å². The third-order valence-electron chi connectivity index (χ3n) is 5.04. The van der Waals surface area contributed by atoms with Crippen LogP contribution in [0.5, 0.6) is 0 Å². The van der Waals surface area contributed by atoms with Gasteiger partial charge in [0.05, 0.1) is 12.5 Å². The highest BCUT2D eigenvalue weighted by atomic mass is 16.5. The fourth-order valence-corrected chi connectivity index (χ4v) is 3.68. The molecule has 6 heteroatoms. The molecule has 1 heterocycles. The van der Waals surface area contributed by atoms with Crippen molar-refractivity contribution < 1.29 is 9.53 Å². The van der Waals surface area contributed by atoms with Crippen LogP contribution < -0.4 is 21.1 Å². The molecule has 1 fully saturated rings. The molecule has 0 amide bonds. The largest absolute Gasteiger partial charge is 0.466 e. The normalized spacial score (nSPS) is 17.1. The third kappa shape index (κ3) is 4.21. The number of carbonyl (C=O) groups excluding carboxylic acids is 1. The molecule has 0 spiro atoms. The Kier molecular flexibility index (Phi) is 5.94. The molecule has 0 unspecified atom stereocenters. The number of carbonyl (C=O) groups is 1. The van der Waals surface area contributed by atoms with E-state index in [2.05, 4.69) is 11.4 Å². The molecule has 1 saturated heterocycles. The molecule has 2 aromatic rings. The molecular weight excluding hydrogens is 344 g/mol. The fourth-order valence-electron chi connectivity index (χ4n) is 3.68. The number of nitrogens with zero attached hydrogens (tertiary/aromatic N) is 1. The van der Waals surface area contributed by atoms with Gasteiger partial charge in [0, 0.05) is 19.6 Å². The summed E-state index contributed by atoms with van der Waals surface area (Å²) in [7, 11) is 0. The van der Waals surface area contributed by atoms with Crippen molar-refractivity contribution >= 4 is 17.3 Å². The van der Waals surface area contributed by atoms with Crippen LogP contribution in [0.2, 0.25) is 0 Å². The van der Waals surface area contributed by atoms with Gasteiger partial charge in [-0.3, -0.25) is 14.4 Å². The molecule has 3 rings (SSSR count). The number of esters is 1. The van der Waals surface area contributed by atoms with Crippen LogP contribution in [0, 0.1) is 12.8 Å². The second-order valence-corrected chi connectivity index (χ2v) is 7.08. The lowest BCUT2D eigenvalue weighted by molar-refractivity contribution is -0.148. The molecule has 1 atom stereocenters. The molecule has 1 N–H and O–H groups in total. The van der Waals surface area contributed by atoms with E-state index in [0.29, 0.717) is 37.6 Å². The van der Waals surface area contributed by atoms with E-state index in [-0.39, 0.29) is 11.9 Å². The van der Waals surface area contributed by atoms with E-state index in [0.717, 1.165) is 19.3 Å². The van der Waals surface area contributed by atoms with Crippen LogP contribution >= 0.6 is 0 Å². The van der Waals surface area contributed by atoms with Crippen LogP contribution in [0.3, 0.4) is 0 Å². The summed E-state index contributed by atoms with van der Waals surface area (Å²) < 4.78 is 5.11. The minimum atomic E-state index is -0.465. The maximum Gasteiger partial charge on any atom is 0.310 e. The zero-order valence-corrected chi connectivity index (χ0v) is 15.9. The molecule has 0 aliphatic carbocycles. The summed E-state index contributed by atoms with van der Waals surface area (Å²) in [5.74, 6) is -0.474. The van der Waals surface area contributed by atoms with Crippen LogP contribution in [-0.4, -0.2) is 32.2 Å². The summed E-state index contributed by atoms with van der Waals surface area (Å²) in [6, 6.07) is 8.21. The minimum absolute atomic E-state index is 0.227. The van der Waals surface area contributed by atoms with Crippen molar-refractivity contribution in [3.8, 4) is 0 Å². The summed E-state index contributed by atoms with van der Waals surface area (Å²) >= 11 is 0. The second kappa shape index (κ2) is 8.37. The lowest BCUT2D eigenvalue weighted by atomic mass is 9.96. The first kappa shape index (κ1) is 19.1. The van der Waals surface area contributed by atoms with Gasteiger partial charge in [-0.2, -0.15) is 0 Å². The van der Waals surface area contributed by atoms with Gasteiger partial charge in [-0.25, -0.2) is 0 Å². The standard InChI is InChI=1S/C21H26N2O4/c1-3-27-21(26)16-8-5-11-23(13-16)18-17(19(24)20(18)25)22-10-9-15-7-4-6-14(2)12-15/h4,6-7,12,16,22H,3,5,8-11,13H2,1-2H3/t16-/m0/s1. The van der Waals surface area contributed by atoms with Gasteiger partial charge in [-0.1, -0.05) is 29.8 Å². The van der Waals surface area contributed by atoms with Gasteiger partial charge < -0.3 is 15.0 Å². The van der Waals surface area contributed by atoms with Gasteiger partial charge in [0.1, 0.15) is 11.4 Å². The summed E-state index contributed by atoms with van der Waals surface area (Å²) in [4.78, 5) is 38.1. The topological polar surface area (TPSA) is 75.7 Å². The van der Waals surface area contributed by atoms with Crippen molar-refractivity contribution in [1.29, 1.82) is 0 Å². The predicted molar refractivity (Wildman–Crippen MR) is 106 cm³/mol. The van der Waals surface area contributed by atoms with E-state index in [1.165, 1.54) is 11.1 Å². The maximum atomic E-state index is 12.1. The Labute approximate surface area is 158 Å². The molecule has 0 bridgehead atoms. The van der Waals surface area contributed by atoms with Crippen molar-refractivity contribution in [3.05, 3.63) is 55.8 Å². The SMILES string of the molecule is CCOC(=O)[C@H]1CCCN(c2c(NCCc3cccc(C)c3)c(=O)c2=O)C1. The first-order valence-electron chi connectivity index (χ1n) is 9.55. The zero-order valence-electron chi connectivity index (χ0n) is 15.9. The van der Waals surface area contributed by atoms with Gasteiger partial charge in [-0.15, -0.1) is 0 Å². The first-order chi connectivity index (χ1) is 13.0. The summed E-state index contributed by atoms with van der Waals surface area (Å²) in [6.07, 6.45) is 2.32. The summed E-state index contributed by atoms with van der Waals surface area (Å²) in [5, 5.41) is 3.14. The van der Waals surface area contributed by atoms with E-state index in [4.69, 9.17) is 4.74 Å². The van der Waals surface area contributed by atoms with Gasteiger partial charge >= 0.3 is 5.97 Å². The smallest absolute Gasteiger partial charge is 0.310 e. The number of hydrogen-bond donors (Lipinski definition) is 1. The van der Waals surface area contributed by atoms with Gasteiger partial charge in [0.25, 0.3) is 10.9 Å². The molecule has 2 aromatic carbocycles. The molecule has 0 aromatic heterocycles. The molecular formula is C21H26N2O4. The lowest BCUT2D eigenvalue weighted by Gasteiger charge is -2.34. The molecule has 6 nitrogen and oxygen atoms in total. The fraction of sp³-hybridized carbons (Fsp3) is 0.476. The van der Waals surface area contributed by atoms with Crippen molar-refractivity contribution in [3.63, 3.8) is 0 Å². The molecule has 0 radical (unpaired) electrons. The first-order valence-corrected chi connectivity index (χ1v) is 9.55. The highest BCUT2D eigenvalue weighted by Crippen LogP contribution is 2.27. The van der Waals surface area contributed by atoms with Gasteiger partial charge in [0.2, 0.25) is 0 Å². The van der Waals surface area contributed by atoms with Crippen molar-refractivity contribution in [1.82, 2.24) is 0 Å². The molecule has 27 heavy (non-hydrogen) atoms. The Morgan fingerprint density at radius 2 is 2.11 bits per heavy atom. The van der Waals surface area contributed by atoms with Crippen molar-refractivity contribution in [2.75, 3.05) is 36.5 Å². The molecule has 144 valence electrons. The highest BCUT2D eigenvalue weighted by molar-refractivity contribution is 5.78. The van der Waals surface area contributed by atoms with Crippen molar-refractivity contribution in [2.45, 2.75) is 33.1 Å². The van der Waals surface area contributed by atoms with Crippen LogP contribution in [0.25, 0.3) is 0 Å². The molecule has 1 aliphatic heterocycles. The number of ether oxygens (including phenoxy) is 1. The van der Waals surface area contributed by atoms with Crippen LogP contribution in [0.4, 0.5) is 11.4 Å².